The van der Waals surface area contributed by atoms with Crippen LogP contribution in [0.3, 0.4) is 0 Å². The van der Waals surface area contributed by atoms with Gasteiger partial charge in [-0.3, -0.25) is 0 Å². The molecule has 0 radical (unpaired) electrons. The first-order valence-electron chi connectivity index (χ1n) is 6.68. The summed E-state index contributed by atoms with van der Waals surface area (Å²) in [5.74, 6) is 1.51. The highest BCUT2D eigenvalue weighted by Gasteiger charge is 2.15. The Morgan fingerprint density at radius 2 is 1.75 bits per heavy atom. The van der Waals surface area contributed by atoms with Crippen molar-refractivity contribution >= 4 is 15.9 Å². The van der Waals surface area contributed by atoms with Crippen molar-refractivity contribution < 1.29 is 4.74 Å². The van der Waals surface area contributed by atoms with Crippen LogP contribution in [-0.4, -0.2) is 4.98 Å². The zero-order chi connectivity index (χ0) is 14.9. The van der Waals surface area contributed by atoms with E-state index in [9.17, 15) is 0 Å². The minimum Gasteiger partial charge on any atom is -0.438 e. The first kappa shape index (κ1) is 15.0. The number of benzene rings is 1. The van der Waals surface area contributed by atoms with Gasteiger partial charge in [0.15, 0.2) is 0 Å². The van der Waals surface area contributed by atoms with Gasteiger partial charge in [0.2, 0.25) is 5.88 Å². The van der Waals surface area contributed by atoms with E-state index in [2.05, 4.69) is 60.7 Å². The third kappa shape index (κ3) is 3.40. The highest BCUT2D eigenvalue weighted by molar-refractivity contribution is 9.10. The standard InChI is InChI=1S/C17H20BrNO/c1-11-8-13(17(3,4)5)6-7-15(11)20-16-12(2)9-14(18)10-19-16/h6-10H,1-5H3. The molecule has 0 spiro atoms. The van der Waals surface area contributed by atoms with Crippen LogP contribution in [0.5, 0.6) is 11.6 Å². The fourth-order valence-electron chi connectivity index (χ4n) is 1.97. The highest BCUT2D eigenvalue weighted by Crippen LogP contribution is 2.31. The lowest BCUT2D eigenvalue weighted by molar-refractivity contribution is 0.454. The van der Waals surface area contributed by atoms with Crippen LogP contribution in [0.25, 0.3) is 0 Å². The fourth-order valence-corrected chi connectivity index (χ4v) is 2.42. The summed E-state index contributed by atoms with van der Waals surface area (Å²) in [6.07, 6.45) is 1.75. The van der Waals surface area contributed by atoms with Crippen LogP contribution in [0.4, 0.5) is 0 Å². The molecule has 0 atom stereocenters. The smallest absolute Gasteiger partial charge is 0.222 e. The van der Waals surface area contributed by atoms with Gasteiger partial charge in [-0.25, -0.2) is 4.98 Å². The fraction of sp³-hybridized carbons (Fsp3) is 0.353. The van der Waals surface area contributed by atoms with Gasteiger partial charge in [-0.15, -0.1) is 0 Å². The highest BCUT2D eigenvalue weighted by atomic mass is 79.9. The van der Waals surface area contributed by atoms with Crippen molar-refractivity contribution in [3.8, 4) is 11.6 Å². The molecule has 0 amide bonds. The molecule has 1 heterocycles. The van der Waals surface area contributed by atoms with Crippen LogP contribution < -0.4 is 4.74 Å². The van der Waals surface area contributed by atoms with E-state index in [1.54, 1.807) is 6.20 Å². The summed E-state index contributed by atoms with van der Waals surface area (Å²) in [4.78, 5) is 4.32. The van der Waals surface area contributed by atoms with E-state index >= 15 is 0 Å². The topological polar surface area (TPSA) is 22.1 Å². The molecule has 3 heteroatoms. The van der Waals surface area contributed by atoms with Gasteiger partial charge in [-0.1, -0.05) is 32.9 Å². The maximum absolute atomic E-state index is 5.93. The Morgan fingerprint density at radius 1 is 1.05 bits per heavy atom. The molecular formula is C17H20BrNO. The van der Waals surface area contributed by atoms with Crippen LogP contribution in [0.1, 0.15) is 37.5 Å². The summed E-state index contributed by atoms with van der Waals surface area (Å²) in [7, 11) is 0. The van der Waals surface area contributed by atoms with Crippen molar-refractivity contribution in [2.75, 3.05) is 0 Å². The Labute approximate surface area is 129 Å². The van der Waals surface area contributed by atoms with Crippen molar-refractivity contribution in [2.24, 2.45) is 0 Å². The molecule has 1 aromatic heterocycles. The normalized spacial score (nSPS) is 11.5. The molecule has 2 rings (SSSR count). The van der Waals surface area contributed by atoms with Crippen LogP contribution in [0.15, 0.2) is 34.9 Å². The molecule has 0 fully saturated rings. The number of halogens is 1. The van der Waals surface area contributed by atoms with Crippen LogP contribution in [0.2, 0.25) is 0 Å². The second kappa shape index (κ2) is 5.57. The monoisotopic (exact) mass is 333 g/mol. The lowest BCUT2D eigenvalue weighted by Crippen LogP contribution is -2.11. The van der Waals surface area contributed by atoms with Crippen LogP contribution in [-0.2, 0) is 5.41 Å². The van der Waals surface area contributed by atoms with Crippen molar-refractivity contribution in [3.63, 3.8) is 0 Å². The third-order valence-corrected chi connectivity index (χ3v) is 3.68. The van der Waals surface area contributed by atoms with Gasteiger partial charge in [0.25, 0.3) is 0 Å². The average molecular weight is 334 g/mol. The number of hydrogen-bond donors (Lipinski definition) is 0. The minimum atomic E-state index is 0.148. The molecule has 0 aliphatic heterocycles. The number of nitrogens with zero attached hydrogens (tertiary/aromatic N) is 1. The summed E-state index contributed by atoms with van der Waals surface area (Å²) < 4.78 is 6.89. The van der Waals surface area contributed by atoms with E-state index in [1.807, 2.05) is 19.1 Å². The van der Waals surface area contributed by atoms with E-state index in [-0.39, 0.29) is 5.41 Å². The molecule has 1 aromatic carbocycles. The maximum Gasteiger partial charge on any atom is 0.222 e. The summed E-state index contributed by atoms with van der Waals surface area (Å²) >= 11 is 3.41. The minimum absolute atomic E-state index is 0.148. The quantitative estimate of drug-likeness (QED) is 0.718. The van der Waals surface area contributed by atoms with E-state index in [1.165, 1.54) is 5.56 Å². The molecule has 2 nitrogen and oxygen atoms in total. The summed E-state index contributed by atoms with van der Waals surface area (Å²) in [6, 6.07) is 8.33. The Hall–Kier alpha value is -1.35. The second-order valence-electron chi connectivity index (χ2n) is 6.11. The number of hydrogen-bond acceptors (Lipinski definition) is 2. The van der Waals surface area contributed by atoms with Crippen molar-refractivity contribution in [3.05, 3.63) is 51.6 Å². The van der Waals surface area contributed by atoms with Crippen molar-refractivity contribution in [2.45, 2.75) is 40.0 Å². The van der Waals surface area contributed by atoms with Gasteiger partial charge in [0, 0.05) is 16.2 Å². The second-order valence-corrected chi connectivity index (χ2v) is 7.02. The predicted molar refractivity (Wildman–Crippen MR) is 86.6 cm³/mol. The number of pyridine rings is 1. The van der Waals surface area contributed by atoms with E-state index in [0.717, 1.165) is 21.3 Å². The molecule has 0 saturated carbocycles. The SMILES string of the molecule is Cc1cc(C(C)(C)C)ccc1Oc1ncc(Br)cc1C. The zero-order valence-electron chi connectivity index (χ0n) is 12.6. The number of ether oxygens (including phenoxy) is 1. The summed E-state index contributed by atoms with van der Waals surface area (Å²) in [5.41, 5.74) is 3.60. The van der Waals surface area contributed by atoms with Crippen molar-refractivity contribution in [1.82, 2.24) is 4.98 Å². The van der Waals surface area contributed by atoms with Crippen LogP contribution in [0, 0.1) is 13.8 Å². The first-order chi connectivity index (χ1) is 9.27. The molecule has 0 bridgehead atoms. The molecule has 0 saturated heterocycles. The number of aromatic nitrogens is 1. The van der Waals surface area contributed by atoms with Crippen molar-refractivity contribution in [1.29, 1.82) is 0 Å². The van der Waals surface area contributed by atoms with Gasteiger partial charge in [-0.05, 0) is 58.5 Å². The maximum atomic E-state index is 5.93. The molecule has 2 aromatic rings. The molecule has 0 unspecified atom stereocenters. The Kier molecular flexibility index (Phi) is 4.19. The average Bonchev–Trinajstić information content (AvgIpc) is 2.33. The van der Waals surface area contributed by atoms with E-state index < -0.39 is 0 Å². The van der Waals surface area contributed by atoms with E-state index in [0.29, 0.717) is 5.88 Å². The predicted octanol–water partition coefficient (Wildman–Crippen LogP) is 5.55. The molecule has 0 N–H and O–H groups in total. The van der Waals surface area contributed by atoms with Gasteiger partial charge >= 0.3 is 0 Å². The molecule has 0 aliphatic rings. The van der Waals surface area contributed by atoms with Gasteiger partial charge in [0.05, 0.1) is 0 Å². The number of rotatable bonds is 2. The van der Waals surface area contributed by atoms with Crippen LogP contribution >= 0.6 is 15.9 Å². The lowest BCUT2D eigenvalue weighted by atomic mass is 9.86. The summed E-state index contributed by atoms with van der Waals surface area (Å²) in [6.45, 7) is 10.7. The van der Waals surface area contributed by atoms with Gasteiger partial charge in [0.1, 0.15) is 5.75 Å². The zero-order valence-corrected chi connectivity index (χ0v) is 14.2. The van der Waals surface area contributed by atoms with Gasteiger partial charge < -0.3 is 4.74 Å². The number of aryl methyl sites for hydroxylation is 2. The Morgan fingerprint density at radius 3 is 2.30 bits per heavy atom. The Bertz CT molecular complexity index is 629. The summed E-state index contributed by atoms with van der Waals surface area (Å²) in [5, 5.41) is 0. The first-order valence-corrected chi connectivity index (χ1v) is 7.48. The molecule has 20 heavy (non-hydrogen) atoms. The molecule has 106 valence electrons. The van der Waals surface area contributed by atoms with E-state index in [4.69, 9.17) is 4.74 Å². The van der Waals surface area contributed by atoms with Gasteiger partial charge in [-0.2, -0.15) is 0 Å². The molecule has 0 aliphatic carbocycles. The lowest BCUT2D eigenvalue weighted by Gasteiger charge is -2.20. The largest absolute Gasteiger partial charge is 0.438 e. The third-order valence-electron chi connectivity index (χ3n) is 3.24. The Balaban J connectivity index is 2.30. The molecular weight excluding hydrogens is 314 g/mol.